The molecule has 1 heterocycles. The first-order valence-electron chi connectivity index (χ1n) is 20.1. The van der Waals surface area contributed by atoms with E-state index in [9.17, 15) is 82.1 Å². The average Bonchev–Trinajstić information content (AvgIpc) is 3.26. The zero-order chi connectivity index (χ0) is 51.1. The molecule has 0 radical (unpaired) electrons. The second kappa shape index (κ2) is 22.5. The molecule has 4 aromatic rings. The number of aryl methyl sites for hydroxylation is 1. The molecule has 25 heteroatoms. The lowest BCUT2D eigenvalue weighted by atomic mass is 9.82. The van der Waals surface area contributed by atoms with Crippen molar-refractivity contribution >= 4 is 44.7 Å². The molecular weight excluding hydrogens is 944 g/mol. The molecule has 2 aliphatic rings. The fourth-order valence-electron chi connectivity index (χ4n) is 7.52. The van der Waals surface area contributed by atoms with Crippen molar-refractivity contribution in [3.8, 4) is 0 Å². The topological polar surface area (TPSA) is 241 Å². The number of rotatable bonds is 11. The summed E-state index contributed by atoms with van der Waals surface area (Å²) < 4.78 is 153. The highest BCUT2D eigenvalue weighted by Crippen LogP contribution is 2.34. The monoisotopic (exact) mass is 988 g/mol. The summed E-state index contributed by atoms with van der Waals surface area (Å²) in [4.78, 5) is 38.5. The standard InChI is InChI=1S/C35H44N4O5.2C4F6O2/c36-18-29-31(40)26(16-15-22-11-5-9-20-7-1-3-13-24(20)22)30(39)35(43-29)44-34-28(38)17-27(37)33(32(34)41)42-19-23-12-6-10-21-8-2-4-14-25(21)23;2*5-3(6,7)1(11)2(12)4(8,9)10/h1-14,26-35,40-41H,15-19,36-39H2;;/t26-,27-,28?,29?,30?,31+,32-,33?,34-,35-;;/m1../s1. The van der Waals surface area contributed by atoms with Gasteiger partial charge in [-0.1, -0.05) is 84.9 Å². The van der Waals surface area contributed by atoms with E-state index in [0.717, 1.165) is 16.3 Å². The molecular formula is C43H44F12N4O9. The van der Waals surface area contributed by atoms with Crippen LogP contribution < -0.4 is 22.9 Å². The number of ketones is 4. The van der Waals surface area contributed by atoms with Crippen molar-refractivity contribution in [1.29, 1.82) is 0 Å². The van der Waals surface area contributed by atoms with E-state index in [0.29, 0.717) is 19.3 Å². The fourth-order valence-corrected chi connectivity index (χ4v) is 7.52. The summed E-state index contributed by atoms with van der Waals surface area (Å²) in [5, 5.41) is 27.2. The Morgan fingerprint density at radius 1 is 0.588 bits per heavy atom. The number of carbonyl (C=O) groups excluding carboxylic acids is 4. The van der Waals surface area contributed by atoms with E-state index in [2.05, 4.69) is 36.4 Å². The maximum Gasteiger partial charge on any atom is 0.458 e. The van der Waals surface area contributed by atoms with Gasteiger partial charge >= 0.3 is 47.8 Å². The molecule has 13 nitrogen and oxygen atoms in total. The van der Waals surface area contributed by atoms with Crippen LogP contribution >= 0.6 is 0 Å². The molecule has 1 saturated heterocycles. The third-order valence-electron chi connectivity index (χ3n) is 10.9. The van der Waals surface area contributed by atoms with E-state index < -0.39 is 103 Å². The van der Waals surface area contributed by atoms with Crippen molar-refractivity contribution in [3.05, 3.63) is 96.1 Å². The zero-order valence-electron chi connectivity index (χ0n) is 35.0. The number of fused-ring (bicyclic) bond motifs is 2. The smallest absolute Gasteiger partial charge is 0.390 e. The maximum absolute atomic E-state index is 11.5. The minimum Gasteiger partial charge on any atom is -0.390 e. The second-order valence-electron chi connectivity index (χ2n) is 15.6. The molecule has 10 N–H and O–H groups in total. The molecule has 1 aliphatic heterocycles. The van der Waals surface area contributed by atoms with Crippen LogP contribution in [0.4, 0.5) is 52.7 Å². The van der Waals surface area contributed by atoms with E-state index in [1.807, 2.05) is 48.5 Å². The zero-order valence-corrected chi connectivity index (χ0v) is 35.0. The van der Waals surface area contributed by atoms with Gasteiger partial charge in [0.15, 0.2) is 6.29 Å². The molecule has 4 aromatic carbocycles. The van der Waals surface area contributed by atoms with Gasteiger partial charge in [-0.3, -0.25) is 19.2 Å². The SMILES string of the molecule is NCC1O[C@H](O[C@@H]2C(N)C[C@@H](N)C(OCc3cccc4ccccc34)[C@H]2O)C(N)[C@@H](CCc2cccc3ccccc23)[C@@H]1O.O=C(C(=O)C(F)(F)F)C(F)(F)F.O=C(C(=O)C(F)(F)F)C(F)(F)F. The summed E-state index contributed by atoms with van der Waals surface area (Å²) in [6.07, 6.45) is -26.5. The van der Waals surface area contributed by atoms with Crippen LogP contribution in [-0.2, 0) is 46.4 Å². The van der Waals surface area contributed by atoms with E-state index in [-0.39, 0.29) is 19.1 Å². The fraction of sp³-hybridized carbons (Fsp3) is 0.442. The van der Waals surface area contributed by atoms with Crippen molar-refractivity contribution in [3.63, 3.8) is 0 Å². The number of hydrogen-bond donors (Lipinski definition) is 6. The van der Waals surface area contributed by atoms with Crippen molar-refractivity contribution in [2.24, 2.45) is 28.9 Å². The summed E-state index contributed by atoms with van der Waals surface area (Å²) in [5.41, 5.74) is 27.9. The van der Waals surface area contributed by atoms with Crippen LogP contribution in [0.5, 0.6) is 0 Å². The summed E-state index contributed by atoms with van der Waals surface area (Å²) in [7, 11) is 0. The number of ether oxygens (including phenoxy) is 3. The van der Waals surface area contributed by atoms with Crippen LogP contribution in [-0.4, -0.2) is 120 Å². The average molecular weight is 989 g/mol. The number of hydrogen-bond acceptors (Lipinski definition) is 13. The molecule has 0 spiro atoms. The minimum absolute atomic E-state index is 0.0967. The highest BCUT2D eigenvalue weighted by Gasteiger charge is 2.55. The van der Waals surface area contributed by atoms with Gasteiger partial charge < -0.3 is 47.4 Å². The molecule has 1 saturated carbocycles. The van der Waals surface area contributed by atoms with Crippen LogP contribution in [0.25, 0.3) is 21.5 Å². The number of benzene rings is 4. The molecule has 1 aliphatic carbocycles. The van der Waals surface area contributed by atoms with Crippen LogP contribution in [0, 0.1) is 5.92 Å². The van der Waals surface area contributed by atoms with Crippen LogP contribution in [0.3, 0.4) is 0 Å². The first kappa shape index (κ1) is 55.5. The summed E-state index contributed by atoms with van der Waals surface area (Å²) in [6.45, 7) is 0.370. The molecule has 4 unspecified atom stereocenters. The van der Waals surface area contributed by atoms with Crippen molar-refractivity contribution in [2.75, 3.05) is 6.54 Å². The minimum atomic E-state index is -5.77. The number of aliphatic hydroxyl groups is 2. The van der Waals surface area contributed by atoms with Gasteiger partial charge in [0.1, 0.15) is 18.3 Å². The first-order chi connectivity index (χ1) is 31.5. The quantitative estimate of drug-likeness (QED) is 0.0876. The highest BCUT2D eigenvalue weighted by molar-refractivity contribution is 6.41. The van der Waals surface area contributed by atoms with Crippen molar-refractivity contribution in [2.45, 2.75) is 106 Å². The van der Waals surface area contributed by atoms with Gasteiger partial charge in [-0.15, -0.1) is 0 Å². The van der Waals surface area contributed by atoms with Gasteiger partial charge in [-0.05, 0) is 51.9 Å². The van der Waals surface area contributed by atoms with E-state index in [1.165, 1.54) is 16.3 Å². The molecule has 374 valence electrons. The third kappa shape index (κ3) is 14.0. The number of Topliss-reactive ketones (excluding diaryl/α,β-unsaturated/α-hetero) is 4. The molecule has 0 aromatic heterocycles. The van der Waals surface area contributed by atoms with E-state index >= 15 is 0 Å². The number of aliphatic hydroxyl groups excluding tert-OH is 2. The van der Waals surface area contributed by atoms with Gasteiger partial charge in [0, 0.05) is 24.5 Å². The van der Waals surface area contributed by atoms with Gasteiger partial charge in [0.2, 0.25) is 0 Å². The lowest BCUT2D eigenvalue weighted by Crippen LogP contribution is -2.66. The van der Waals surface area contributed by atoms with Crippen molar-refractivity contribution in [1.82, 2.24) is 0 Å². The Morgan fingerprint density at radius 2 is 1.00 bits per heavy atom. The third-order valence-corrected chi connectivity index (χ3v) is 10.9. The van der Waals surface area contributed by atoms with Gasteiger partial charge in [0.05, 0.1) is 24.9 Å². The van der Waals surface area contributed by atoms with Crippen LogP contribution in [0.15, 0.2) is 84.9 Å². The lowest BCUT2D eigenvalue weighted by Gasteiger charge is -2.47. The van der Waals surface area contributed by atoms with Crippen LogP contribution in [0.2, 0.25) is 0 Å². The first-order valence-corrected chi connectivity index (χ1v) is 20.1. The van der Waals surface area contributed by atoms with Gasteiger partial charge in [-0.2, -0.15) is 52.7 Å². The Hall–Kier alpha value is -5.12. The second-order valence-corrected chi connectivity index (χ2v) is 15.6. The Bertz CT molecular complexity index is 2280. The number of carbonyl (C=O) groups is 4. The van der Waals surface area contributed by atoms with E-state index in [1.54, 1.807) is 0 Å². The molecule has 6 rings (SSSR count). The number of halogens is 12. The Balaban J connectivity index is 0.000000346. The number of nitrogens with two attached hydrogens (primary N) is 4. The molecule has 0 amide bonds. The Kier molecular flexibility index (Phi) is 18.4. The lowest BCUT2D eigenvalue weighted by molar-refractivity contribution is -0.282. The normalized spacial score (nSPS) is 25.7. The predicted octanol–water partition coefficient (Wildman–Crippen LogP) is 4.80. The maximum atomic E-state index is 11.5. The summed E-state index contributed by atoms with van der Waals surface area (Å²) >= 11 is 0. The largest absolute Gasteiger partial charge is 0.458 e. The van der Waals surface area contributed by atoms with E-state index in [4.69, 9.17) is 37.1 Å². The summed E-state index contributed by atoms with van der Waals surface area (Å²) in [6, 6.07) is 26.9. The van der Waals surface area contributed by atoms with Gasteiger partial charge in [-0.25, -0.2) is 0 Å². The Morgan fingerprint density at radius 3 is 1.46 bits per heavy atom. The van der Waals surface area contributed by atoms with Crippen LogP contribution in [0.1, 0.15) is 24.0 Å². The van der Waals surface area contributed by atoms with Crippen molar-refractivity contribution < 1.29 is 96.3 Å². The molecule has 10 atom stereocenters. The summed E-state index contributed by atoms with van der Waals surface area (Å²) in [5.74, 6) is -14.0. The molecule has 0 bridgehead atoms. The molecule has 2 fully saturated rings. The van der Waals surface area contributed by atoms with Gasteiger partial charge in [0.25, 0.3) is 0 Å². The number of alkyl halides is 12. The predicted molar refractivity (Wildman–Crippen MR) is 216 cm³/mol. The molecule has 68 heavy (non-hydrogen) atoms. The Labute approximate surface area is 377 Å². The highest BCUT2D eigenvalue weighted by atomic mass is 19.4.